The molecule has 1 aromatic heterocycles. The summed E-state index contributed by atoms with van der Waals surface area (Å²) in [6, 6.07) is 1.91. The van der Waals surface area contributed by atoms with Gasteiger partial charge in [-0.05, 0) is 19.9 Å². The number of hydrogen-bond donors (Lipinski definition) is 1. The standard InChI is InChI=1S/C6H9NO/c1-4-3-5(2)8-6(4)7/h3H,7H2,1-2H3. The van der Waals surface area contributed by atoms with Gasteiger partial charge in [-0.1, -0.05) is 0 Å². The van der Waals surface area contributed by atoms with Crippen molar-refractivity contribution < 1.29 is 4.42 Å². The Kier molecular flexibility index (Phi) is 1.01. The smallest absolute Gasteiger partial charge is 0.193 e. The van der Waals surface area contributed by atoms with Crippen LogP contribution in [-0.2, 0) is 0 Å². The SMILES string of the molecule is Cc1cc(C)c(N)o1. The maximum absolute atomic E-state index is 5.37. The van der Waals surface area contributed by atoms with Gasteiger partial charge in [-0.2, -0.15) is 0 Å². The second-order valence-corrected chi connectivity index (χ2v) is 1.90. The molecule has 0 spiro atoms. The Balaban J connectivity index is 3.14. The van der Waals surface area contributed by atoms with Crippen LogP contribution in [0, 0.1) is 13.8 Å². The second-order valence-electron chi connectivity index (χ2n) is 1.90. The van der Waals surface area contributed by atoms with Crippen molar-refractivity contribution in [3.8, 4) is 0 Å². The molecule has 8 heavy (non-hydrogen) atoms. The van der Waals surface area contributed by atoms with Crippen LogP contribution < -0.4 is 5.73 Å². The molecule has 0 saturated heterocycles. The van der Waals surface area contributed by atoms with E-state index in [1.165, 1.54) is 0 Å². The first-order valence-electron chi connectivity index (χ1n) is 2.52. The van der Waals surface area contributed by atoms with Crippen LogP contribution in [0.15, 0.2) is 10.5 Å². The van der Waals surface area contributed by atoms with Crippen molar-refractivity contribution in [3.63, 3.8) is 0 Å². The minimum atomic E-state index is 0.530. The van der Waals surface area contributed by atoms with Crippen molar-refractivity contribution in [3.05, 3.63) is 17.4 Å². The van der Waals surface area contributed by atoms with E-state index in [2.05, 4.69) is 0 Å². The van der Waals surface area contributed by atoms with E-state index in [0.717, 1.165) is 11.3 Å². The van der Waals surface area contributed by atoms with Crippen LogP contribution in [0.2, 0.25) is 0 Å². The summed E-state index contributed by atoms with van der Waals surface area (Å²) in [5.41, 5.74) is 6.39. The number of aryl methyl sites for hydroxylation is 2. The van der Waals surface area contributed by atoms with Gasteiger partial charge in [0, 0.05) is 5.56 Å². The molecule has 2 nitrogen and oxygen atoms in total. The summed E-state index contributed by atoms with van der Waals surface area (Å²) in [7, 11) is 0. The first-order chi connectivity index (χ1) is 3.70. The fourth-order valence-corrected chi connectivity index (χ4v) is 0.659. The molecule has 0 aromatic carbocycles. The van der Waals surface area contributed by atoms with E-state index in [4.69, 9.17) is 10.2 Å². The molecule has 2 N–H and O–H groups in total. The first kappa shape index (κ1) is 5.22. The molecule has 1 rings (SSSR count). The number of hydrogen-bond acceptors (Lipinski definition) is 2. The fourth-order valence-electron chi connectivity index (χ4n) is 0.659. The lowest BCUT2D eigenvalue weighted by molar-refractivity contribution is 0.552. The van der Waals surface area contributed by atoms with E-state index < -0.39 is 0 Å². The summed E-state index contributed by atoms with van der Waals surface area (Å²) in [6.07, 6.45) is 0. The molecule has 0 aliphatic carbocycles. The van der Waals surface area contributed by atoms with Gasteiger partial charge < -0.3 is 10.2 Å². The predicted octanol–water partition coefficient (Wildman–Crippen LogP) is 1.48. The third-order valence-corrected chi connectivity index (χ3v) is 1.08. The van der Waals surface area contributed by atoms with Crippen molar-refractivity contribution in [2.24, 2.45) is 0 Å². The lowest BCUT2D eigenvalue weighted by Gasteiger charge is -1.81. The summed E-state index contributed by atoms with van der Waals surface area (Å²) >= 11 is 0. The van der Waals surface area contributed by atoms with E-state index in [9.17, 15) is 0 Å². The fraction of sp³-hybridized carbons (Fsp3) is 0.333. The zero-order chi connectivity index (χ0) is 6.15. The minimum Gasteiger partial charge on any atom is -0.446 e. The van der Waals surface area contributed by atoms with Crippen LogP contribution in [0.4, 0.5) is 5.88 Å². The lowest BCUT2D eigenvalue weighted by atomic mass is 10.3. The molecule has 0 amide bonds. The molecule has 0 atom stereocenters. The van der Waals surface area contributed by atoms with E-state index >= 15 is 0 Å². The molecule has 0 fully saturated rings. The van der Waals surface area contributed by atoms with Crippen LogP contribution in [0.1, 0.15) is 11.3 Å². The summed E-state index contributed by atoms with van der Waals surface area (Å²) < 4.78 is 4.99. The van der Waals surface area contributed by atoms with Crippen LogP contribution in [-0.4, -0.2) is 0 Å². The average molecular weight is 111 g/mol. The maximum Gasteiger partial charge on any atom is 0.193 e. The van der Waals surface area contributed by atoms with Gasteiger partial charge in [0.1, 0.15) is 5.76 Å². The quantitative estimate of drug-likeness (QED) is 0.550. The van der Waals surface area contributed by atoms with E-state index in [1.807, 2.05) is 19.9 Å². The summed E-state index contributed by atoms with van der Waals surface area (Å²) in [5, 5.41) is 0. The number of anilines is 1. The predicted molar refractivity (Wildman–Crippen MR) is 32.6 cm³/mol. The number of nitrogens with two attached hydrogens (primary N) is 1. The van der Waals surface area contributed by atoms with E-state index in [1.54, 1.807) is 0 Å². The van der Waals surface area contributed by atoms with Gasteiger partial charge in [0.05, 0.1) is 0 Å². The Morgan fingerprint density at radius 3 is 2.25 bits per heavy atom. The molecule has 0 unspecified atom stereocenters. The molecular weight excluding hydrogens is 102 g/mol. The third kappa shape index (κ3) is 0.689. The largest absolute Gasteiger partial charge is 0.446 e. The van der Waals surface area contributed by atoms with E-state index in [-0.39, 0.29) is 0 Å². The van der Waals surface area contributed by atoms with Gasteiger partial charge in [0.25, 0.3) is 0 Å². The molecule has 0 aliphatic rings. The Bertz CT molecular complexity index is 171. The van der Waals surface area contributed by atoms with Crippen LogP contribution in [0.3, 0.4) is 0 Å². The molecule has 2 heteroatoms. The van der Waals surface area contributed by atoms with Gasteiger partial charge in [0.2, 0.25) is 0 Å². The van der Waals surface area contributed by atoms with Gasteiger partial charge in [-0.25, -0.2) is 0 Å². The number of nitrogen functional groups attached to an aromatic ring is 1. The molecule has 0 bridgehead atoms. The highest BCUT2D eigenvalue weighted by Gasteiger charge is 1.96. The summed E-state index contributed by atoms with van der Waals surface area (Å²) in [5.74, 6) is 1.41. The highest BCUT2D eigenvalue weighted by atomic mass is 16.3. The van der Waals surface area contributed by atoms with Crippen LogP contribution in [0.5, 0.6) is 0 Å². The molecule has 0 radical (unpaired) electrons. The van der Waals surface area contributed by atoms with Crippen LogP contribution in [0.25, 0.3) is 0 Å². The molecule has 0 aliphatic heterocycles. The third-order valence-electron chi connectivity index (χ3n) is 1.08. The van der Waals surface area contributed by atoms with Crippen LogP contribution >= 0.6 is 0 Å². The minimum absolute atomic E-state index is 0.530. The molecule has 1 aromatic rings. The Morgan fingerprint density at radius 1 is 1.50 bits per heavy atom. The second kappa shape index (κ2) is 1.54. The number of rotatable bonds is 0. The van der Waals surface area contributed by atoms with Crippen molar-refractivity contribution in [2.75, 3.05) is 5.73 Å². The van der Waals surface area contributed by atoms with Gasteiger partial charge in [0.15, 0.2) is 5.88 Å². The Morgan fingerprint density at radius 2 is 2.12 bits per heavy atom. The zero-order valence-electron chi connectivity index (χ0n) is 5.06. The molecule has 0 saturated carbocycles. The van der Waals surface area contributed by atoms with E-state index in [0.29, 0.717) is 5.88 Å². The molecular formula is C6H9NO. The lowest BCUT2D eigenvalue weighted by Crippen LogP contribution is -1.80. The van der Waals surface area contributed by atoms with Crippen molar-refractivity contribution in [1.29, 1.82) is 0 Å². The molecule has 44 valence electrons. The normalized spacial score (nSPS) is 9.75. The zero-order valence-corrected chi connectivity index (χ0v) is 5.06. The van der Waals surface area contributed by atoms with Gasteiger partial charge in [-0.15, -0.1) is 0 Å². The monoisotopic (exact) mass is 111 g/mol. The average Bonchev–Trinajstić information content (AvgIpc) is 1.85. The Labute approximate surface area is 48.3 Å². The van der Waals surface area contributed by atoms with Gasteiger partial charge >= 0.3 is 0 Å². The summed E-state index contributed by atoms with van der Waals surface area (Å²) in [6.45, 7) is 3.80. The first-order valence-corrected chi connectivity index (χ1v) is 2.52. The van der Waals surface area contributed by atoms with Crippen molar-refractivity contribution in [2.45, 2.75) is 13.8 Å². The van der Waals surface area contributed by atoms with Crippen molar-refractivity contribution in [1.82, 2.24) is 0 Å². The Hall–Kier alpha value is -0.920. The summed E-state index contributed by atoms with van der Waals surface area (Å²) in [4.78, 5) is 0. The maximum atomic E-state index is 5.37. The number of furan rings is 1. The van der Waals surface area contributed by atoms with Gasteiger partial charge in [-0.3, -0.25) is 0 Å². The highest BCUT2D eigenvalue weighted by molar-refractivity contribution is 5.36. The topological polar surface area (TPSA) is 39.2 Å². The highest BCUT2D eigenvalue weighted by Crippen LogP contribution is 2.14. The van der Waals surface area contributed by atoms with Crippen molar-refractivity contribution >= 4 is 5.88 Å². The molecule has 1 heterocycles.